The van der Waals surface area contributed by atoms with E-state index in [-0.39, 0.29) is 39.4 Å². The van der Waals surface area contributed by atoms with E-state index in [1.54, 1.807) is 6.07 Å². The molecule has 3 aromatic rings. The minimum Gasteiger partial charge on any atom is -0.496 e. The van der Waals surface area contributed by atoms with Crippen molar-refractivity contribution in [1.82, 2.24) is 5.32 Å². The quantitative estimate of drug-likeness (QED) is 0.329. The van der Waals surface area contributed by atoms with Crippen LogP contribution in [0.3, 0.4) is 0 Å². The molecule has 0 aliphatic rings. The summed E-state index contributed by atoms with van der Waals surface area (Å²) in [4.78, 5) is 33.4. The second-order valence-electron chi connectivity index (χ2n) is 6.02. The number of amides is 1. The van der Waals surface area contributed by atoms with Gasteiger partial charge >= 0.3 is 0 Å². The lowest BCUT2D eigenvalue weighted by molar-refractivity contribution is -0.384. The van der Waals surface area contributed by atoms with Gasteiger partial charge in [-0.25, -0.2) is 0 Å². The van der Waals surface area contributed by atoms with Gasteiger partial charge in [-0.3, -0.25) is 30.3 Å². The number of carbonyl (C=O) groups excluding carboxylic acids is 1. The molecule has 0 spiro atoms. The first-order valence-electron chi connectivity index (χ1n) is 8.58. The number of non-ortho nitro benzene ring substituents is 1. The highest BCUT2D eigenvalue weighted by Crippen LogP contribution is 2.29. The molecule has 0 unspecified atom stereocenters. The topological polar surface area (TPSA) is 150 Å². The van der Waals surface area contributed by atoms with E-state index in [1.807, 2.05) is 0 Å². The maximum absolute atomic E-state index is 12.4. The van der Waals surface area contributed by atoms with Gasteiger partial charge < -0.3 is 14.5 Å². The molecule has 1 heterocycles. The Balaban J connectivity index is 1.72. The van der Waals surface area contributed by atoms with E-state index in [0.29, 0.717) is 5.56 Å². The number of anilines is 1. The number of benzene rings is 2. The van der Waals surface area contributed by atoms with E-state index in [1.165, 1.54) is 55.6 Å². The monoisotopic (exact) mass is 442 g/mol. The minimum absolute atomic E-state index is 0.0628. The normalized spacial score (nSPS) is 10.2. The smallest absolute Gasteiger partial charge is 0.296 e. The Morgan fingerprint density at radius 3 is 2.52 bits per heavy atom. The molecular formula is C19H14N4O7S. The lowest BCUT2D eigenvalue weighted by Crippen LogP contribution is -2.34. The summed E-state index contributed by atoms with van der Waals surface area (Å²) >= 11 is 5.05. The maximum Gasteiger partial charge on any atom is 0.296 e. The van der Waals surface area contributed by atoms with Crippen molar-refractivity contribution >= 4 is 40.3 Å². The van der Waals surface area contributed by atoms with E-state index in [9.17, 15) is 25.0 Å². The van der Waals surface area contributed by atoms with Crippen molar-refractivity contribution < 1.29 is 23.8 Å². The van der Waals surface area contributed by atoms with Gasteiger partial charge in [0.1, 0.15) is 17.2 Å². The Bertz CT molecular complexity index is 1190. The largest absolute Gasteiger partial charge is 0.496 e. The zero-order valence-electron chi connectivity index (χ0n) is 15.9. The van der Waals surface area contributed by atoms with Gasteiger partial charge in [-0.15, -0.1) is 0 Å². The number of thiocarbonyl (C=S) groups is 1. The van der Waals surface area contributed by atoms with E-state index in [4.69, 9.17) is 21.4 Å². The van der Waals surface area contributed by atoms with Crippen molar-refractivity contribution in [2.45, 2.75) is 0 Å². The average Bonchev–Trinajstić information content (AvgIpc) is 3.24. The fraction of sp³-hybridized carbons (Fsp3) is 0.0526. The molecule has 1 aromatic heterocycles. The van der Waals surface area contributed by atoms with Crippen LogP contribution >= 0.6 is 12.2 Å². The van der Waals surface area contributed by atoms with Gasteiger partial charge in [0, 0.05) is 17.7 Å². The molecule has 0 fully saturated rings. The summed E-state index contributed by atoms with van der Waals surface area (Å²) in [5, 5.41) is 26.9. The minimum atomic E-state index is -0.703. The Morgan fingerprint density at radius 2 is 1.84 bits per heavy atom. The van der Waals surface area contributed by atoms with Gasteiger partial charge in [-0.05, 0) is 36.5 Å². The molecule has 0 aliphatic heterocycles. The lowest BCUT2D eigenvalue weighted by Gasteiger charge is -2.10. The highest BCUT2D eigenvalue weighted by molar-refractivity contribution is 7.80. The van der Waals surface area contributed by atoms with Crippen LogP contribution in [0.2, 0.25) is 0 Å². The molecule has 1 amide bonds. The summed E-state index contributed by atoms with van der Waals surface area (Å²) in [5.74, 6) is -0.268. The number of nitro benzene ring substituents is 2. The number of hydrogen-bond donors (Lipinski definition) is 2. The van der Waals surface area contributed by atoms with Crippen LogP contribution in [0.5, 0.6) is 5.75 Å². The maximum atomic E-state index is 12.4. The molecule has 0 saturated carbocycles. The molecule has 0 radical (unpaired) electrons. The summed E-state index contributed by atoms with van der Waals surface area (Å²) in [6.45, 7) is 0. The number of hydrogen-bond acceptors (Lipinski definition) is 8. The molecule has 0 bridgehead atoms. The van der Waals surface area contributed by atoms with E-state index in [2.05, 4.69) is 10.6 Å². The van der Waals surface area contributed by atoms with Crippen LogP contribution in [-0.4, -0.2) is 28.0 Å². The Morgan fingerprint density at radius 1 is 1.06 bits per heavy atom. The molecule has 0 atom stereocenters. The van der Waals surface area contributed by atoms with E-state index < -0.39 is 15.8 Å². The van der Waals surface area contributed by atoms with Gasteiger partial charge in [0.15, 0.2) is 10.9 Å². The number of nitro groups is 2. The summed E-state index contributed by atoms with van der Waals surface area (Å²) in [5.41, 5.74) is 0.0731. The van der Waals surface area contributed by atoms with Gasteiger partial charge in [-0.1, -0.05) is 12.1 Å². The van der Waals surface area contributed by atoms with Crippen molar-refractivity contribution in [3.63, 3.8) is 0 Å². The number of rotatable bonds is 6. The van der Waals surface area contributed by atoms with Gasteiger partial charge in [0.2, 0.25) is 0 Å². The molecule has 12 heteroatoms. The zero-order chi connectivity index (χ0) is 22.5. The number of ether oxygens (including phenoxy) is 1. The predicted molar refractivity (Wildman–Crippen MR) is 114 cm³/mol. The molecule has 0 aliphatic carbocycles. The van der Waals surface area contributed by atoms with Gasteiger partial charge in [0.25, 0.3) is 17.3 Å². The first-order chi connectivity index (χ1) is 14.8. The fourth-order valence-corrected chi connectivity index (χ4v) is 2.80. The first-order valence-corrected chi connectivity index (χ1v) is 8.98. The van der Waals surface area contributed by atoms with Crippen LogP contribution in [0.1, 0.15) is 10.6 Å². The molecule has 0 saturated heterocycles. The molecular weight excluding hydrogens is 428 g/mol. The zero-order valence-corrected chi connectivity index (χ0v) is 16.7. The number of methoxy groups -OCH3 is 1. The molecule has 2 aromatic carbocycles. The van der Waals surface area contributed by atoms with Crippen LogP contribution in [-0.2, 0) is 0 Å². The predicted octanol–water partition coefficient (Wildman–Crippen LogP) is 3.90. The first kappa shape index (κ1) is 21.4. The SMILES string of the molecule is COc1ccc(NC(=S)NC(=O)c2ccc(-c3cccc([N+](=O)[O-])c3)o2)c([N+](=O)[O-])c1. The van der Waals surface area contributed by atoms with Crippen LogP contribution in [0.25, 0.3) is 11.3 Å². The van der Waals surface area contributed by atoms with Crippen molar-refractivity contribution in [2.24, 2.45) is 0 Å². The fourth-order valence-electron chi connectivity index (χ4n) is 2.60. The molecule has 158 valence electrons. The van der Waals surface area contributed by atoms with Crippen LogP contribution in [0, 0.1) is 20.2 Å². The summed E-state index contributed by atoms with van der Waals surface area (Å²) < 4.78 is 10.4. The van der Waals surface area contributed by atoms with Gasteiger partial charge in [-0.2, -0.15) is 0 Å². The second-order valence-corrected chi connectivity index (χ2v) is 6.43. The van der Waals surface area contributed by atoms with Crippen molar-refractivity contribution in [2.75, 3.05) is 12.4 Å². The summed E-state index contributed by atoms with van der Waals surface area (Å²) in [6.07, 6.45) is 0. The molecule has 2 N–H and O–H groups in total. The van der Waals surface area contributed by atoms with Crippen molar-refractivity contribution in [3.05, 3.63) is 80.6 Å². The highest BCUT2D eigenvalue weighted by Gasteiger charge is 2.19. The highest BCUT2D eigenvalue weighted by atomic mass is 32.1. The Kier molecular flexibility index (Phi) is 6.21. The van der Waals surface area contributed by atoms with Gasteiger partial charge in [0.05, 0.1) is 23.0 Å². The van der Waals surface area contributed by atoms with Crippen molar-refractivity contribution in [1.29, 1.82) is 0 Å². The summed E-state index contributed by atoms with van der Waals surface area (Å²) in [7, 11) is 1.38. The van der Waals surface area contributed by atoms with Crippen molar-refractivity contribution in [3.8, 4) is 17.1 Å². The van der Waals surface area contributed by atoms with E-state index in [0.717, 1.165) is 0 Å². The number of carbonyl (C=O) groups is 1. The third kappa shape index (κ3) is 5.00. The summed E-state index contributed by atoms with van der Waals surface area (Å²) in [6, 6.07) is 12.7. The molecule has 31 heavy (non-hydrogen) atoms. The van der Waals surface area contributed by atoms with E-state index >= 15 is 0 Å². The Labute approximate surface area is 179 Å². The number of nitrogens with one attached hydrogen (secondary N) is 2. The standard InChI is InChI=1S/C19H14N4O7S/c1-29-13-5-6-14(15(10-13)23(27)28)20-19(31)21-18(24)17-8-7-16(30-17)11-3-2-4-12(9-11)22(25)26/h2-10H,1H3,(H2,20,21,24,31). The third-order valence-corrected chi connectivity index (χ3v) is 4.25. The number of furan rings is 1. The third-order valence-electron chi connectivity index (χ3n) is 4.05. The number of nitrogens with zero attached hydrogens (tertiary/aromatic N) is 2. The Hall–Kier alpha value is -4.32. The van der Waals surface area contributed by atoms with Crippen LogP contribution in [0.4, 0.5) is 17.1 Å². The average molecular weight is 442 g/mol. The lowest BCUT2D eigenvalue weighted by atomic mass is 10.1. The second kappa shape index (κ2) is 9.00. The molecule has 3 rings (SSSR count). The van der Waals surface area contributed by atoms with Crippen LogP contribution < -0.4 is 15.4 Å². The van der Waals surface area contributed by atoms with Crippen LogP contribution in [0.15, 0.2) is 59.0 Å². The molecule has 11 nitrogen and oxygen atoms in total.